The first-order chi connectivity index (χ1) is 12.7. The first-order valence-corrected chi connectivity index (χ1v) is 9.79. The molecule has 0 unspecified atom stereocenters. The molecular weight excluding hydrogens is 371 g/mol. The van der Waals surface area contributed by atoms with Gasteiger partial charge in [-0.2, -0.15) is 0 Å². The Morgan fingerprint density at radius 2 is 1.77 bits per heavy atom. The summed E-state index contributed by atoms with van der Waals surface area (Å²) in [4.78, 5) is 13.6. The highest BCUT2D eigenvalue weighted by Gasteiger charge is 2.30. The minimum Gasteiger partial charge on any atom is -0.371 e. The Morgan fingerprint density at radius 1 is 1.00 bits per heavy atom. The zero-order valence-corrected chi connectivity index (χ0v) is 16.0. The van der Waals surface area contributed by atoms with Crippen LogP contribution in [-0.4, -0.2) is 53.7 Å². The molecule has 1 aromatic heterocycles. The third-order valence-electron chi connectivity index (χ3n) is 5.23. The largest absolute Gasteiger partial charge is 0.371 e. The van der Waals surface area contributed by atoms with E-state index in [1.54, 1.807) is 12.4 Å². The molecule has 26 heavy (non-hydrogen) atoms. The lowest BCUT2D eigenvalue weighted by Crippen LogP contribution is -2.50. The molecule has 3 heterocycles. The van der Waals surface area contributed by atoms with Gasteiger partial charge in [-0.1, -0.05) is 29.3 Å². The Morgan fingerprint density at radius 3 is 2.50 bits per heavy atom. The van der Waals surface area contributed by atoms with Gasteiger partial charge in [0.25, 0.3) is 0 Å². The van der Waals surface area contributed by atoms with E-state index in [1.807, 2.05) is 24.3 Å². The summed E-state index contributed by atoms with van der Waals surface area (Å²) >= 11 is 12.2. The van der Waals surface area contributed by atoms with Gasteiger partial charge in [0.2, 0.25) is 5.95 Å². The van der Waals surface area contributed by atoms with Crippen LogP contribution in [0.2, 0.25) is 10.0 Å². The molecule has 4 rings (SSSR count). The van der Waals surface area contributed by atoms with Crippen molar-refractivity contribution in [3.63, 3.8) is 0 Å². The Bertz CT molecular complexity index is 738. The van der Waals surface area contributed by atoms with E-state index in [0.717, 1.165) is 57.1 Å². The minimum absolute atomic E-state index is 0.0500. The molecule has 2 aliphatic rings. The van der Waals surface area contributed by atoms with E-state index in [4.69, 9.17) is 27.9 Å². The fourth-order valence-corrected chi connectivity index (χ4v) is 4.11. The number of halogens is 2. The normalized spacial score (nSPS) is 22.5. The second-order valence-electron chi connectivity index (χ2n) is 6.79. The van der Waals surface area contributed by atoms with E-state index in [0.29, 0.717) is 16.1 Å². The molecule has 0 N–H and O–H groups in total. The Hall–Kier alpha value is -1.40. The average Bonchev–Trinajstić information content (AvgIpc) is 2.71. The molecule has 1 atom stereocenters. The summed E-state index contributed by atoms with van der Waals surface area (Å²) in [5.74, 6) is 0.835. The molecule has 0 radical (unpaired) electrons. The van der Waals surface area contributed by atoms with Gasteiger partial charge in [0.05, 0.1) is 22.8 Å². The number of morpholine rings is 1. The maximum Gasteiger partial charge on any atom is 0.225 e. The predicted octanol–water partition coefficient (Wildman–Crippen LogP) is 3.83. The third kappa shape index (κ3) is 3.96. The fourth-order valence-electron chi connectivity index (χ4n) is 3.80. The topological polar surface area (TPSA) is 41.5 Å². The van der Waals surface area contributed by atoms with E-state index in [9.17, 15) is 0 Å². The maximum absolute atomic E-state index is 6.17. The van der Waals surface area contributed by atoms with Crippen LogP contribution >= 0.6 is 23.2 Å². The van der Waals surface area contributed by atoms with Crippen LogP contribution in [0.1, 0.15) is 24.5 Å². The molecule has 2 fully saturated rings. The Balaban J connectivity index is 1.37. The van der Waals surface area contributed by atoms with Crippen molar-refractivity contribution >= 4 is 29.2 Å². The van der Waals surface area contributed by atoms with Crippen LogP contribution in [0.15, 0.2) is 36.7 Å². The highest BCUT2D eigenvalue weighted by molar-refractivity contribution is 6.42. The van der Waals surface area contributed by atoms with Crippen molar-refractivity contribution in [2.75, 3.05) is 37.7 Å². The molecule has 2 aliphatic heterocycles. The third-order valence-corrected chi connectivity index (χ3v) is 5.97. The summed E-state index contributed by atoms with van der Waals surface area (Å²) in [7, 11) is 0. The van der Waals surface area contributed by atoms with E-state index in [2.05, 4.69) is 19.8 Å². The Kier molecular flexibility index (Phi) is 5.60. The number of benzene rings is 1. The molecule has 7 heteroatoms. The smallest absolute Gasteiger partial charge is 0.225 e. The number of piperidine rings is 1. The van der Waals surface area contributed by atoms with Crippen LogP contribution in [0.25, 0.3) is 0 Å². The minimum atomic E-state index is 0.0500. The summed E-state index contributed by atoms with van der Waals surface area (Å²) in [5, 5.41) is 1.17. The van der Waals surface area contributed by atoms with Crippen molar-refractivity contribution in [2.24, 2.45) is 0 Å². The van der Waals surface area contributed by atoms with E-state index in [1.165, 1.54) is 0 Å². The van der Waals surface area contributed by atoms with Gasteiger partial charge < -0.3 is 9.64 Å². The van der Waals surface area contributed by atoms with Crippen LogP contribution in [0.4, 0.5) is 5.95 Å². The van der Waals surface area contributed by atoms with Gasteiger partial charge in [0.1, 0.15) is 0 Å². The maximum atomic E-state index is 6.17. The number of hydrogen-bond donors (Lipinski definition) is 0. The van der Waals surface area contributed by atoms with Crippen LogP contribution < -0.4 is 4.90 Å². The van der Waals surface area contributed by atoms with Crippen LogP contribution in [0.5, 0.6) is 0 Å². The van der Waals surface area contributed by atoms with Crippen molar-refractivity contribution in [3.05, 3.63) is 52.3 Å². The first kappa shape index (κ1) is 18.0. The molecule has 138 valence electrons. The molecular formula is C19H22Cl2N4O. The average molecular weight is 393 g/mol. The highest BCUT2D eigenvalue weighted by atomic mass is 35.5. The van der Waals surface area contributed by atoms with Gasteiger partial charge >= 0.3 is 0 Å². The van der Waals surface area contributed by atoms with E-state index < -0.39 is 0 Å². The second-order valence-corrected chi connectivity index (χ2v) is 7.61. The lowest BCUT2D eigenvalue weighted by atomic mass is 10.0. The molecule has 0 amide bonds. The van der Waals surface area contributed by atoms with Gasteiger partial charge in [0, 0.05) is 44.6 Å². The summed E-state index contributed by atoms with van der Waals surface area (Å²) in [6.45, 7) is 4.59. The molecule has 0 bridgehead atoms. The lowest BCUT2D eigenvalue weighted by Gasteiger charge is -2.42. The molecule has 5 nitrogen and oxygen atoms in total. The number of ether oxygens (including phenoxy) is 1. The summed E-state index contributed by atoms with van der Waals surface area (Å²) in [6, 6.07) is 8.21. The van der Waals surface area contributed by atoms with Crippen LogP contribution in [0.3, 0.4) is 0 Å². The second kappa shape index (κ2) is 8.09. The number of rotatable bonds is 3. The summed E-state index contributed by atoms with van der Waals surface area (Å²) in [5.41, 5.74) is 1.10. The van der Waals surface area contributed by atoms with Crippen molar-refractivity contribution in [1.29, 1.82) is 0 Å². The van der Waals surface area contributed by atoms with Crippen molar-refractivity contribution in [1.82, 2.24) is 14.9 Å². The zero-order valence-electron chi connectivity index (χ0n) is 14.5. The summed E-state index contributed by atoms with van der Waals surface area (Å²) in [6.07, 6.45) is 5.89. The summed E-state index contributed by atoms with van der Waals surface area (Å²) < 4.78 is 6.00. The van der Waals surface area contributed by atoms with Crippen molar-refractivity contribution in [2.45, 2.75) is 25.0 Å². The zero-order chi connectivity index (χ0) is 17.9. The van der Waals surface area contributed by atoms with Gasteiger partial charge in [-0.3, -0.25) is 4.90 Å². The standard InChI is InChI=1S/C19H22Cl2N4O/c20-16-3-2-14(12-17(16)21)18-13-25(10-11-26-18)15-4-8-24(9-5-15)19-22-6-1-7-23-19/h1-3,6-7,12,15,18H,4-5,8-11,13H2/t18-/m1/s1. The van der Waals surface area contributed by atoms with Crippen molar-refractivity contribution < 1.29 is 4.74 Å². The van der Waals surface area contributed by atoms with Crippen LogP contribution in [0, 0.1) is 0 Å². The molecule has 1 aromatic carbocycles. The quantitative estimate of drug-likeness (QED) is 0.793. The van der Waals surface area contributed by atoms with Gasteiger partial charge in [-0.25, -0.2) is 9.97 Å². The molecule has 0 aliphatic carbocycles. The van der Waals surface area contributed by atoms with E-state index >= 15 is 0 Å². The predicted molar refractivity (Wildman–Crippen MR) is 104 cm³/mol. The fraction of sp³-hybridized carbons (Fsp3) is 0.474. The monoisotopic (exact) mass is 392 g/mol. The van der Waals surface area contributed by atoms with E-state index in [-0.39, 0.29) is 6.10 Å². The van der Waals surface area contributed by atoms with Gasteiger partial charge in [-0.05, 0) is 36.6 Å². The van der Waals surface area contributed by atoms with Gasteiger partial charge in [0.15, 0.2) is 0 Å². The van der Waals surface area contributed by atoms with Crippen molar-refractivity contribution in [3.8, 4) is 0 Å². The number of aromatic nitrogens is 2. The molecule has 2 saturated heterocycles. The van der Waals surface area contributed by atoms with Gasteiger partial charge in [-0.15, -0.1) is 0 Å². The SMILES string of the molecule is Clc1ccc([C@H]2CN(C3CCN(c4ncccn4)CC3)CCO2)cc1Cl. The molecule has 0 saturated carbocycles. The number of anilines is 1. The number of nitrogens with zero attached hydrogens (tertiary/aromatic N) is 4. The number of hydrogen-bond acceptors (Lipinski definition) is 5. The highest BCUT2D eigenvalue weighted by Crippen LogP contribution is 2.31. The van der Waals surface area contributed by atoms with Crippen LogP contribution in [-0.2, 0) is 4.74 Å². The lowest BCUT2D eigenvalue weighted by molar-refractivity contribution is -0.0481. The molecule has 0 spiro atoms. The molecule has 2 aromatic rings. The first-order valence-electron chi connectivity index (χ1n) is 9.03. The Labute approximate surface area is 163 Å².